The number of rotatable bonds is 3. The highest BCUT2D eigenvalue weighted by molar-refractivity contribution is 5.94. The van der Waals surface area contributed by atoms with Gasteiger partial charge in [0.05, 0.1) is 5.52 Å². The Balaban J connectivity index is 0.00000182. The number of anilines is 1. The third-order valence-corrected chi connectivity index (χ3v) is 5.40. The maximum atomic E-state index is 4.79. The van der Waals surface area contributed by atoms with Gasteiger partial charge in [-0.25, -0.2) is 4.98 Å². The van der Waals surface area contributed by atoms with Crippen molar-refractivity contribution in [2.24, 2.45) is 0 Å². The zero-order valence-corrected chi connectivity index (χ0v) is 16.1. The van der Waals surface area contributed by atoms with Gasteiger partial charge in [0.1, 0.15) is 5.82 Å². The molecule has 0 radical (unpaired) electrons. The summed E-state index contributed by atoms with van der Waals surface area (Å²) in [6.07, 6.45) is 4.23. The van der Waals surface area contributed by atoms with Crippen LogP contribution in [0, 0.1) is 13.8 Å². The lowest BCUT2D eigenvalue weighted by molar-refractivity contribution is 0.683. The van der Waals surface area contributed by atoms with E-state index in [2.05, 4.69) is 60.6 Å². The molecule has 2 aromatic heterocycles. The van der Waals surface area contributed by atoms with Crippen molar-refractivity contribution in [2.75, 3.05) is 11.4 Å². The second kappa shape index (κ2) is 7.09. The minimum Gasteiger partial charge on any atom is -0.351 e. The molecule has 0 bridgehead atoms. The average molecular weight is 356 g/mol. The van der Waals surface area contributed by atoms with Gasteiger partial charge in [-0.1, -0.05) is 31.2 Å². The van der Waals surface area contributed by atoms with Crippen molar-refractivity contribution < 1.29 is 0 Å². The van der Waals surface area contributed by atoms with Crippen LogP contribution in [0.15, 0.2) is 36.5 Å². The zero-order valence-electron chi connectivity index (χ0n) is 15.2. The largest absolute Gasteiger partial charge is 0.351 e. The number of nitrogens with zero attached hydrogens (tertiary/aromatic N) is 3. The fourth-order valence-electron chi connectivity index (χ4n) is 4.02. The highest BCUT2D eigenvalue weighted by Gasteiger charge is 2.22. The smallest absolute Gasteiger partial charge is 0.138 e. The second-order valence-corrected chi connectivity index (χ2v) is 6.83. The number of benzene rings is 1. The summed E-state index contributed by atoms with van der Waals surface area (Å²) in [5, 5.41) is 1.34. The predicted octanol–water partition coefficient (Wildman–Crippen LogP) is 5.05. The number of aromatic nitrogens is 2. The molecule has 132 valence electrons. The minimum absolute atomic E-state index is 0. The Bertz CT molecular complexity index is 898. The summed E-state index contributed by atoms with van der Waals surface area (Å²) in [6, 6.07) is 11.0. The molecule has 0 amide bonds. The first-order valence-electron chi connectivity index (χ1n) is 8.96. The van der Waals surface area contributed by atoms with Crippen LogP contribution in [0.1, 0.15) is 35.7 Å². The van der Waals surface area contributed by atoms with Crippen LogP contribution >= 0.6 is 12.4 Å². The first-order valence-corrected chi connectivity index (χ1v) is 8.96. The van der Waals surface area contributed by atoms with Gasteiger partial charge in [-0.15, -0.1) is 12.4 Å². The Hall–Kier alpha value is -2.00. The molecule has 3 heterocycles. The molecule has 3 nitrogen and oxygen atoms in total. The summed E-state index contributed by atoms with van der Waals surface area (Å²) >= 11 is 0. The molecule has 0 atom stereocenters. The van der Waals surface area contributed by atoms with E-state index in [1.54, 1.807) is 0 Å². The van der Waals surface area contributed by atoms with Crippen LogP contribution in [0.3, 0.4) is 0 Å². The van der Waals surface area contributed by atoms with Crippen molar-refractivity contribution >= 4 is 29.1 Å². The third kappa shape index (κ3) is 2.91. The lowest BCUT2D eigenvalue weighted by atomic mass is 9.99. The van der Waals surface area contributed by atoms with Gasteiger partial charge in [0.25, 0.3) is 0 Å². The van der Waals surface area contributed by atoms with Crippen LogP contribution in [-0.2, 0) is 19.5 Å². The van der Waals surface area contributed by atoms with Gasteiger partial charge in [0.15, 0.2) is 0 Å². The number of hydrogen-bond acceptors (Lipinski definition) is 2. The van der Waals surface area contributed by atoms with Crippen LogP contribution in [-0.4, -0.2) is 16.1 Å². The number of aryl methyl sites for hydroxylation is 2. The normalized spacial score (nSPS) is 13.6. The van der Waals surface area contributed by atoms with Gasteiger partial charge in [-0.2, -0.15) is 0 Å². The lowest BCUT2D eigenvalue weighted by Crippen LogP contribution is -2.31. The van der Waals surface area contributed by atoms with Crippen LogP contribution < -0.4 is 4.90 Å². The highest BCUT2D eigenvalue weighted by Crippen LogP contribution is 2.34. The number of fused-ring (bicyclic) bond motifs is 2. The first kappa shape index (κ1) is 17.8. The minimum atomic E-state index is 0. The summed E-state index contributed by atoms with van der Waals surface area (Å²) in [5.41, 5.74) is 7.00. The second-order valence-electron chi connectivity index (χ2n) is 6.83. The Kier molecular flexibility index (Phi) is 5.05. The van der Waals surface area contributed by atoms with Crippen molar-refractivity contribution in [3.63, 3.8) is 0 Å². The summed E-state index contributed by atoms with van der Waals surface area (Å²) in [7, 11) is 0. The molecular weight excluding hydrogens is 330 g/mol. The Labute approximate surface area is 156 Å². The molecule has 0 spiro atoms. The van der Waals surface area contributed by atoms with Crippen molar-refractivity contribution in [3.05, 3.63) is 58.9 Å². The van der Waals surface area contributed by atoms with Gasteiger partial charge >= 0.3 is 0 Å². The topological polar surface area (TPSA) is 21.1 Å². The Morgan fingerprint density at radius 3 is 2.60 bits per heavy atom. The molecule has 0 aliphatic carbocycles. The summed E-state index contributed by atoms with van der Waals surface area (Å²) in [6.45, 7) is 9.79. The monoisotopic (exact) mass is 355 g/mol. The van der Waals surface area contributed by atoms with Crippen LogP contribution in [0.4, 0.5) is 5.82 Å². The standard InChI is InChI=1S/C21H25N3.ClH/c1-4-12-24-16(3)15(2)20-19(24)9-11-22-21(20)23-13-10-17-7-5-6-8-18(17)14-23;/h5-9,11H,4,10,12-14H2,1-3H3;1H. The highest BCUT2D eigenvalue weighted by atomic mass is 35.5. The molecule has 4 heteroatoms. The maximum absolute atomic E-state index is 4.79. The summed E-state index contributed by atoms with van der Waals surface area (Å²) < 4.78 is 2.45. The van der Waals surface area contributed by atoms with Gasteiger partial charge in [0.2, 0.25) is 0 Å². The summed E-state index contributed by atoms with van der Waals surface area (Å²) in [5.74, 6) is 1.15. The van der Waals surface area contributed by atoms with Crippen molar-refractivity contribution in [1.29, 1.82) is 0 Å². The van der Waals surface area contributed by atoms with Gasteiger partial charge in [-0.05, 0) is 49.4 Å². The van der Waals surface area contributed by atoms with E-state index in [1.165, 1.54) is 33.3 Å². The van der Waals surface area contributed by atoms with Crippen LogP contribution in [0.5, 0.6) is 0 Å². The van der Waals surface area contributed by atoms with E-state index in [9.17, 15) is 0 Å². The zero-order chi connectivity index (χ0) is 16.7. The van der Waals surface area contributed by atoms with Crippen molar-refractivity contribution in [2.45, 2.75) is 46.7 Å². The predicted molar refractivity (Wildman–Crippen MR) is 108 cm³/mol. The SMILES string of the molecule is CCCn1c(C)c(C)c2c(N3CCc4ccccc4C3)nccc21.Cl. The fourth-order valence-corrected chi connectivity index (χ4v) is 4.02. The summed E-state index contributed by atoms with van der Waals surface area (Å²) in [4.78, 5) is 7.24. The average Bonchev–Trinajstić information content (AvgIpc) is 2.87. The molecule has 1 aliphatic heterocycles. The van der Waals surface area contributed by atoms with Crippen molar-refractivity contribution in [3.8, 4) is 0 Å². The van der Waals surface area contributed by atoms with E-state index in [0.717, 1.165) is 38.3 Å². The first-order chi connectivity index (χ1) is 11.7. The van der Waals surface area contributed by atoms with E-state index in [1.807, 2.05) is 6.20 Å². The van der Waals surface area contributed by atoms with E-state index in [-0.39, 0.29) is 12.4 Å². The molecule has 4 rings (SSSR count). The number of hydrogen-bond donors (Lipinski definition) is 0. The fraction of sp³-hybridized carbons (Fsp3) is 0.381. The molecule has 0 saturated heterocycles. The van der Waals surface area contributed by atoms with Crippen molar-refractivity contribution in [1.82, 2.24) is 9.55 Å². The third-order valence-electron chi connectivity index (χ3n) is 5.40. The number of pyridine rings is 1. The molecule has 0 unspecified atom stereocenters. The molecule has 3 aromatic rings. The number of halogens is 1. The Morgan fingerprint density at radius 1 is 1.08 bits per heavy atom. The van der Waals surface area contributed by atoms with Gasteiger partial charge in [0, 0.05) is 36.9 Å². The lowest BCUT2D eigenvalue weighted by Gasteiger charge is -2.30. The Morgan fingerprint density at radius 2 is 1.84 bits per heavy atom. The van der Waals surface area contributed by atoms with Crippen LogP contribution in [0.25, 0.3) is 10.9 Å². The molecule has 0 fully saturated rings. The maximum Gasteiger partial charge on any atom is 0.138 e. The van der Waals surface area contributed by atoms with E-state index in [4.69, 9.17) is 4.98 Å². The molecule has 1 aliphatic rings. The van der Waals surface area contributed by atoms with E-state index < -0.39 is 0 Å². The molecule has 25 heavy (non-hydrogen) atoms. The molecular formula is C21H26ClN3. The van der Waals surface area contributed by atoms with Crippen LogP contribution in [0.2, 0.25) is 0 Å². The van der Waals surface area contributed by atoms with Gasteiger partial charge < -0.3 is 9.47 Å². The quantitative estimate of drug-likeness (QED) is 0.655. The molecule has 0 saturated carbocycles. The molecule has 1 aromatic carbocycles. The van der Waals surface area contributed by atoms with E-state index in [0.29, 0.717) is 0 Å². The molecule has 0 N–H and O–H groups in total. The van der Waals surface area contributed by atoms with E-state index >= 15 is 0 Å². The van der Waals surface area contributed by atoms with Gasteiger partial charge in [-0.3, -0.25) is 0 Å².